The van der Waals surface area contributed by atoms with Crippen molar-refractivity contribution in [3.8, 4) is 0 Å². The molecule has 2 aromatic heterocycles. The van der Waals surface area contributed by atoms with E-state index >= 15 is 0 Å². The number of hydrogen-bond acceptors (Lipinski definition) is 3. The van der Waals surface area contributed by atoms with Gasteiger partial charge >= 0.3 is 0 Å². The zero-order chi connectivity index (χ0) is 12.1. The summed E-state index contributed by atoms with van der Waals surface area (Å²) in [4.78, 5) is 4.32. The van der Waals surface area contributed by atoms with Crippen molar-refractivity contribution >= 4 is 5.95 Å². The maximum Gasteiger partial charge on any atom is 0.203 e. The molecule has 0 aromatic carbocycles. The van der Waals surface area contributed by atoms with E-state index in [2.05, 4.69) is 26.9 Å². The van der Waals surface area contributed by atoms with Crippen LogP contribution in [-0.4, -0.2) is 25.9 Å². The van der Waals surface area contributed by atoms with Gasteiger partial charge in [0.15, 0.2) is 0 Å². The molecule has 2 aromatic rings. The number of nitrogens with one attached hydrogen (secondary N) is 1. The highest BCUT2D eigenvalue weighted by Crippen LogP contribution is 2.08. The van der Waals surface area contributed by atoms with Gasteiger partial charge in [-0.25, -0.2) is 4.98 Å². The highest BCUT2D eigenvalue weighted by molar-refractivity contribution is 5.26. The van der Waals surface area contributed by atoms with Gasteiger partial charge in [-0.3, -0.25) is 4.68 Å². The zero-order valence-corrected chi connectivity index (χ0v) is 10.4. The van der Waals surface area contributed by atoms with Crippen LogP contribution < -0.4 is 5.32 Å². The van der Waals surface area contributed by atoms with E-state index in [1.54, 1.807) is 0 Å². The summed E-state index contributed by atoms with van der Waals surface area (Å²) in [6, 6.07) is 2.02. The van der Waals surface area contributed by atoms with Gasteiger partial charge < -0.3 is 9.88 Å². The first-order valence-electron chi connectivity index (χ1n) is 6.03. The van der Waals surface area contributed by atoms with Crippen LogP contribution in [0.5, 0.6) is 0 Å². The number of nitrogens with zero attached hydrogens (tertiary/aromatic N) is 4. The van der Waals surface area contributed by atoms with E-state index < -0.39 is 0 Å². The summed E-state index contributed by atoms with van der Waals surface area (Å²) < 4.78 is 3.99. The number of unbranched alkanes of at least 4 members (excludes halogenated alkanes) is 1. The Morgan fingerprint density at radius 1 is 1.35 bits per heavy atom. The van der Waals surface area contributed by atoms with Crippen molar-refractivity contribution in [1.82, 2.24) is 19.3 Å². The quantitative estimate of drug-likeness (QED) is 0.775. The standard InChI is InChI=1S/C12H19N5/c1-3-4-6-13-12-14-8-9-17(12)10-11-5-7-15-16(11)2/h5,7-9H,3-4,6,10H2,1-2H3,(H,13,14). The molecule has 0 atom stereocenters. The summed E-state index contributed by atoms with van der Waals surface area (Å²) in [6.45, 7) is 3.95. The molecule has 0 fully saturated rings. The third kappa shape index (κ3) is 2.87. The predicted molar refractivity (Wildman–Crippen MR) is 67.9 cm³/mol. The van der Waals surface area contributed by atoms with E-state index in [0.717, 1.165) is 19.0 Å². The van der Waals surface area contributed by atoms with Crippen molar-refractivity contribution in [3.63, 3.8) is 0 Å². The molecule has 0 spiro atoms. The second-order valence-electron chi connectivity index (χ2n) is 4.11. The van der Waals surface area contributed by atoms with Gasteiger partial charge in [0.1, 0.15) is 0 Å². The lowest BCUT2D eigenvalue weighted by Gasteiger charge is -2.09. The SMILES string of the molecule is CCCCNc1nccn1Cc1ccnn1C. The second kappa shape index (κ2) is 5.52. The van der Waals surface area contributed by atoms with Crippen LogP contribution in [0.2, 0.25) is 0 Å². The topological polar surface area (TPSA) is 47.7 Å². The fraction of sp³-hybridized carbons (Fsp3) is 0.500. The average molecular weight is 233 g/mol. The fourth-order valence-electron chi connectivity index (χ4n) is 1.71. The smallest absolute Gasteiger partial charge is 0.203 e. The lowest BCUT2D eigenvalue weighted by molar-refractivity contribution is 0.667. The Hall–Kier alpha value is -1.78. The monoisotopic (exact) mass is 233 g/mol. The van der Waals surface area contributed by atoms with Crippen molar-refractivity contribution in [2.45, 2.75) is 26.3 Å². The Kier molecular flexibility index (Phi) is 3.80. The highest BCUT2D eigenvalue weighted by atomic mass is 15.3. The molecule has 0 aliphatic rings. The predicted octanol–water partition coefficient (Wildman–Crippen LogP) is 1.88. The van der Waals surface area contributed by atoms with Crippen molar-refractivity contribution in [2.75, 3.05) is 11.9 Å². The molecule has 5 nitrogen and oxygen atoms in total. The van der Waals surface area contributed by atoms with Gasteiger partial charge in [-0.1, -0.05) is 13.3 Å². The van der Waals surface area contributed by atoms with E-state index in [1.807, 2.05) is 36.4 Å². The summed E-state index contributed by atoms with van der Waals surface area (Å²) in [5, 5.41) is 7.51. The first-order chi connectivity index (χ1) is 8.31. The molecule has 1 N–H and O–H groups in total. The summed E-state index contributed by atoms with van der Waals surface area (Å²) in [6.07, 6.45) is 7.98. The van der Waals surface area contributed by atoms with E-state index in [4.69, 9.17) is 0 Å². The maximum absolute atomic E-state index is 4.32. The van der Waals surface area contributed by atoms with Crippen LogP contribution in [0.25, 0.3) is 0 Å². The lowest BCUT2D eigenvalue weighted by atomic mass is 10.3. The number of hydrogen-bond donors (Lipinski definition) is 1. The minimum Gasteiger partial charge on any atom is -0.356 e. The molecular formula is C12H19N5. The van der Waals surface area contributed by atoms with Crippen molar-refractivity contribution in [3.05, 3.63) is 30.4 Å². The molecule has 0 radical (unpaired) electrons. The van der Waals surface area contributed by atoms with Crippen molar-refractivity contribution in [2.24, 2.45) is 7.05 Å². The molecular weight excluding hydrogens is 214 g/mol. The molecule has 0 aliphatic heterocycles. The van der Waals surface area contributed by atoms with E-state index in [1.165, 1.54) is 18.5 Å². The van der Waals surface area contributed by atoms with Gasteiger partial charge in [-0.15, -0.1) is 0 Å². The van der Waals surface area contributed by atoms with Gasteiger partial charge in [0.2, 0.25) is 5.95 Å². The first kappa shape index (κ1) is 11.7. The number of rotatable bonds is 6. The van der Waals surface area contributed by atoms with E-state index in [-0.39, 0.29) is 0 Å². The summed E-state index contributed by atoms with van der Waals surface area (Å²) in [7, 11) is 1.95. The molecule has 0 unspecified atom stereocenters. The Bertz CT molecular complexity index is 457. The number of aryl methyl sites for hydroxylation is 1. The van der Waals surface area contributed by atoms with Crippen molar-refractivity contribution in [1.29, 1.82) is 0 Å². The first-order valence-corrected chi connectivity index (χ1v) is 6.03. The van der Waals surface area contributed by atoms with Gasteiger partial charge in [-0.05, 0) is 12.5 Å². The summed E-state index contributed by atoms with van der Waals surface area (Å²) in [5.41, 5.74) is 1.17. The molecule has 0 bridgehead atoms. The third-order valence-corrected chi connectivity index (χ3v) is 2.78. The van der Waals surface area contributed by atoms with Crippen LogP contribution in [0.3, 0.4) is 0 Å². The minimum absolute atomic E-state index is 0.797. The summed E-state index contributed by atoms with van der Waals surface area (Å²) >= 11 is 0. The number of anilines is 1. The molecule has 92 valence electrons. The van der Waals surface area contributed by atoms with Gasteiger partial charge in [-0.2, -0.15) is 5.10 Å². The molecule has 5 heteroatoms. The van der Waals surface area contributed by atoms with Gasteiger partial charge in [0, 0.05) is 32.2 Å². The third-order valence-electron chi connectivity index (χ3n) is 2.78. The molecule has 0 amide bonds. The van der Waals surface area contributed by atoms with Crippen LogP contribution in [-0.2, 0) is 13.6 Å². The Labute approximate surface area is 101 Å². The van der Waals surface area contributed by atoms with Crippen LogP contribution in [0.1, 0.15) is 25.5 Å². The number of imidazole rings is 1. The maximum atomic E-state index is 4.32. The molecule has 0 saturated heterocycles. The number of aromatic nitrogens is 4. The Balaban J connectivity index is 2.01. The zero-order valence-electron chi connectivity index (χ0n) is 10.4. The normalized spacial score (nSPS) is 10.7. The average Bonchev–Trinajstić information content (AvgIpc) is 2.91. The lowest BCUT2D eigenvalue weighted by Crippen LogP contribution is -2.11. The van der Waals surface area contributed by atoms with Crippen LogP contribution >= 0.6 is 0 Å². The molecule has 0 saturated carbocycles. The molecule has 0 aliphatic carbocycles. The van der Waals surface area contributed by atoms with E-state index in [9.17, 15) is 0 Å². The Morgan fingerprint density at radius 2 is 2.24 bits per heavy atom. The van der Waals surface area contributed by atoms with Gasteiger partial charge in [0.25, 0.3) is 0 Å². The largest absolute Gasteiger partial charge is 0.356 e. The van der Waals surface area contributed by atoms with Crippen molar-refractivity contribution < 1.29 is 0 Å². The summed E-state index contributed by atoms with van der Waals surface area (Å²) in [5.74, 6) is 0.930. The van der Waals surface area contributed by atoms with Crippen LogP contribution in [0.4, 0.5) is 5.95 Å². The molecule has 2 heterocycles. The Morgan fingerprint density at radius 3 is 2.94 bits per heavy atom. The fourth-order valence-corrected chi connectivity index (χ4v) is 1.71. The molecule has 2 rings (SSSR count). The van der Waals surface area contributed by atoms with Crippen LogP contribution in [0, 0.1) is 0 Å². The highest BCUT2D eigenvalue weighted by Gasteiger charge is 2.04. The second-order valence-corrected chi connectivity index (χ2v) is 4.11. The van der Waals surface area contributed by atoms with Gasteiger partial charge in [0.05, 0.1) is 12.2 Å². The molecule has 17 heavy (non-hydrogen) atoms. The van der Waals surface area contributed by atoms with E-state index in [0.29, 0.717) is 0 Å². The van der Waals surface area contributed by atoms with Crippen LogP contribution in [0.15, 0.2) is 24.7 Å². The minimum atomic E-state index is 0.797.